The summed E-state index contributed by atoms with van der Waals surface area (Å²) < 4.78 is 11.1. The molecule has 2 saturated heterocycles. The molecule has 3 aliphatic rings. The summed E-state index contributed by atoms with van der Waals surface area (Å²) in [5.41, 5.74) is 2.68. The average molecular weight is 581 g/mol. The molecule has 0 bridgehead atoms. The second-order valence-corrected chi connectivity index (χ2v) is 11.6. The van der Waals surface area contributed by atoms with Crippen LogP contribution in [0.5, 0.6) is 0 Å². The number of carbonyl (C=O) groups excluding carboxylic acids is 1. The van der Waals surface area contributed by atoms with Gasteiger partial charge in [0.2, 0.25) is 0 Å². The van der Waals surface area contributed by atoms with Crippen LogP contribution in [0, 0.1) is 12.3 Å². The number of carbonyl (C=O) groups is 1. The van der Waals surface area contributed by atoms with Gasteiger partial charge in [0.25, 0.3) is 5.91 Å². The molecule has 1 aromatic heterocycles. The van der Waals surface area contributed by atoms with Crippen molar-refractivity contribution in [1.29, 1.82) is 0 Å². The van der Waals surface area contributed by atoms with Crippen molar-refractivity contribution in [1.82, 2.24) is 9.80 Å². The van der Waals surface area contributed by atoms with Crippen molar-refractivity contribution >= 4 is 36.4 Å². The molecule has 0 unspecified atom stereocenters. The highest BCUT2D eigenvalue weighted by Crippen LogP contribution is 2.43. The normalized spacial score (nSPS) is 20.5. The van der Waals surface area contributed by atoms with Crippen LogP contribution in [0.1, 0.15) is 73.9 Å². The van der Waals surface area contributed by atoms with E-state index < -0.39 is 0 Å². The molecule has 218 valence electrons. The minimum absolute atomic E-state index is 0. The maximum Gasteiger partial charge on any atom is 0.294 e. The zero-order valence-corrected chi connectivity index (χ0v) is 25.2. The Kier molecular flexibility index (Phi) is 12.6. The van der Waals surface area contributed by atoms with Gasteiger partial charge >= 0.3 is 0 Å². The van der Waals surface area contributed by atoms with Crippen LogP contribution in [-0.4, -0.2) is 74.2 Å². The van der Waals surface area contributed by atoms with Crippen molar-refractivity contribution in [2.75, 3.05) is 57.4 Å². The van der Waals surface area contributed by atoms with Gasteiger partial charge in [0.1, 0.15) is 0 Å². The van der Waals surface area contributed by atoms with E-state index in [-0.39, 0.29) is 36.8 Å². The van der Waals surface area contributed by atoms with E-state index in [1.165, 1.54) is 63.6 Å². The molecule has 39 heavy (non-hydrogen) atoms. The highest BCUT2D eigenvalue weighted by molar-refractivity contribution is 6.04. The number of nitrogens with zero attached hydrogens (tertiary/aromatic N) is 3. The number of aryl methyl sites for hydroxylation is 1. The van der Waals surface area contributed by atoms with Crippen molar-refractivity contribution in [3.63, 3.8) is 0 Å². The van der Waals surface area contributed by atoms with Crippen molar-refractivity contribution in [2.24, 2.45) is 5.41 Å². The van der Waals surface area contributed by atoms with Gasteiger partial charge in [-0.1, -0.05) is 37.0 Å². The van der Waals surface area contributed by atoms with Crippen LogP contribution in [0.3, 0.4) is 0 Å². The Morgan fingerprint density at radius 3 is 2.10 bits per heavy atom. The summed E-state index contributed by atoms with van der Waals surface area (Å²) in [5, 5.41) is 0. The molecule has 0 N–H and O–H groups in total. The molecule has 8 heteroatoms. The number of likely N-dealkylation sites (tertiary alicyclic amines) is 1. The SMILES string of the molecule is Cc1ccc(N(C(=O)c2ccco2)C2CCN(CCC3(CCN4CCOCC4)CCCCC3)CC2)cc1.Cl.Cl. The number of morpholine rings is 1. The molecule has 1 saturated carbocycles. The highest BCUT2D eigenvalue weighted by Gasteiger charge is 2.35. The lowest BCUT2D eigenvalue weighted by Crippen LogP contribution is -2.48. The lowest BCUT2D eigenvalue weighted by Gasteiger charge is -2.42. The van der Waals surface area contributed by atoms with Crippen molar-refractivity contribution in [2.45, 2.75) is 70.8 Å². The predicted molar refractivity (Wildman–Crippen MR) is 163 cm³/mol. The minimum atomic E-state index is -0.0309. The van der Waals surface area contributed by atoms with E-state index in [9.17, 15) is 4.79 Å². The van der Waals surface area contributed by atoms with Gasteiger partial charge in [-0.25, -0.2) is 0 Å². The van der Waals surface area contributed by atoms with Gasteiger partial charge in [0, 0.05) is 37.9 Å². The number of rotatable bonds is 9. The number of benzene rings is 1. The first kappa shape index (κ1) is 32.0. The van der Waals surface area contributed by atoms with Gasteiger partial charge in [-0.3, -0.25) is 9.69 Å². The summed E-state index contributed by atoms with van der Waals surface area (Å²) in [4.78, 5) is 20.7. The third-order valence-corrected chi connectivity index (χ3v) is 9.12. The first-order valence-corrected chi connectivity index (χ1v) is 14.6. The number of piperidine rings is 1. The standard InChI is InChI=1S/C31H45N3O3.2ClH/c1-26-7-9-27(10-8-26)34(30(35)29-6-5-23-37-29)28-11-17-32(18-12-28)19-15-31(13-3-2-4-14-31)16-20-33-21-24-36-25-22-33;;/h5-10,23,28H,2-4,11-22,24-25H2,1H3;2*1H. The Morgan fingerprint density at radius 2 is 1.51 bits per heavy atom. The molecule has 3 heterocycles. The Bertz CT molecular complexity index is 965. The molecule has 5 rings (SSSR count). The Hall–Kier alpha value is -1.57. The topological polar surface area (TPSA) is 49.2 Å². The third-order valence-electron chi connectivity index (χ3n) is 9.12. The molecule has 0 spiro atoms. The van der Waals surface area contributed by atoms with E-state index >= 15 is 0 Å². The van der Waals surface area contributed by atoms with Crippen LogP contribution in [0.15, 0.2) is 47.1 Å². The molecular formula is C31H47Cl2N3O3. The number of furan rings is 1. The number of hydrogen-bond donors (Lipinski definition) is 0. The monoisotopic (exact) mass is 579 g/mol. The van der Waals surface area contributed by atoms with E-state index in [4.69, 9.17) is 9.15 Å². The Labute approximate surface area is 247 Å². The quantitative estimate of drug-likeness (QED) is 0.334. The summed E-state index contributed by atoms with van der Waals surface area (Å²) in [6, 6.07) is 12.1. The van der Waals surface area contributed by atoms with Gasteiger partial charge in [0.05, 0.1) is 19.5 Å². The summed E-state index contributed by atoms with van der Waals surface area (Å²) in [5.74, 6) is 0.388. The van der Waals surface area contributed by atoms with Gasteiger partial charge in [0.15, 0.2) is 5.76 Å². The van der Waals surface area contributed by atoms with E-state index in [0.29, 0.717) is 11.2 Å². The number of ether oxygens (including phenoxy) is 1. The summed E-state index contributed by atoms with van der Waals surface area (Å²) in [6.07, 6.45) is 13.2. The predicted octanol–water partition coefficient (Wildman–Crippen LogP) is 6.61. The van der Waals surface area contributed by atoms with Gasteiger partial charge in [-0.2, -0.15) is 0 Å². The number of hydrogen-bond acceptors (Lipinski definition) is 5. The fourth-order valence-corrected chi connectivity index (χ4v) is 6.66. The summed E-state index contributed by atoms with van der Waals surface area (Å²) in [6.45, 7) is 10.6. The summed E-state index contributed by atoms with van der Waals surface area (Å²) in [7, 11) is 0. The van der Waals surface area contributed by atoms with Crippen LogP contribution < -0.4 is 4.90 Å². The second-order valence-electron chi connectivity index (χ2n) is 11.6. The van der Waals surface area contributed by atoms with Crippen LogP contribution in [0.25, 0.3) is 0 Å². The molecule has 1 amide bonds. The van der Waals surface area contributed by atoms with Crippen LogP contribution in [0.2, 0.25) is 0 Å². The van der Waals surface area contributed by atoms with Crippen LogP contribution >= 0.6 is 24.8 Å². The molecule has 1 aromatic carbocycles. The first-order valence-electron chi connectivity index (χ1n) is 14.6. The van der Waals surface area contributed by atoms with Gasteiger partial charge in [-0.05, 0) is 88.2 Å². The molecule has 6 nitrogen and oxygen atoms in total. The molecule has 1 aliphatic carbocycles. The van der Waals surface area contributed by atoms with E-state index in [1.54, 1.807) is 18.4 Å². The third kappa shape index (κ3) is 8.46. The largest absolute Gasteiger partial charge is 0.459 e. The lowest BCUT2D eigenvalue weighted by atomic mass is 9.69. The molecule has 3 fully saturated rings. The van der Waals surface area contributed by atoms with Crippen molar-refractivity contribution in [3.05, 3.63) is 54.0 Å². The molecule has 2 aromatic rings. The van der Waals surface area contributed by atoms with Gasteiger partial charge < -0.3 is 19.0 Å². The molecular weight excluding hydrogens is 533 g/mol. The zero-order chi connectivity index (χ0) is 25.5. The zero-order valence-electron chi connectivity index (χ0n) is 23.5. The van der Waals surface area contributed by atoms with E-state index in [2.05, 4.69) is 41.0 Å². The maximum absolute atomic E-state index is 13.5. The van der Waals surface area contributed by atoms with Crippen LogP contribution in [-0.2, 0) is 4.74 Å². The maximum atomic E-state index is 13.5. The number of halogens is 2. The highest BCUT2D eigenvalue weighted by atomic mass is 35.5. The smallest absolute Gasteiger partial charge is 0.294 e. The number of amides is 1. The average Bonchev–Trinajstić information content (AvgIpc) is 3.49. The Morgan fingerprint density at radius 1 is 0.897 bits per heavy atom. The second kappa shape index (κ2) is 15.4. The first-order chi connectivity index (χ1) is 18.1. The number of anilines is 1. The Balaban J connectivity index is 0.00000210. The molecule has 0 radical (unpaired) electrons. The van der Waals surface area contributed by atoms with Crippen molar-refractivity contribution in [3.8, 4) is 0 Å². The lowest BCUT2D eigenvalue weighted by molar-refractivity contribution is 0.0247. The minimum Gasteiger partial charge on any atom is -0.459 e. The van der Waals surface area contributed by atoms with E-state index in [0.717, 1.165) is 57.9 Å². The summed E-state index contributed by atoms with van der Waals surface area (Å²) >= 11 is 0. The molecule has 0 atom stereocenters. The fourth-order valence-electron chi connectivity index (χ4n) is 6.66. The van der Waals surface area contributed by atoms with Crippen LogP contribution in [0.4, 0.5) is 5.69 Å². The van der Waals surface area contributed by atoms with E-state index in [1.807, 2.05) is 4.90 Å². The molecule has 2 aliphatic heterocycles. The van der Waals surface area contributed by atoms with Gasteiger partial charge in [-0.15, -0.1) is 24.8 Å². The fraction of sp³-hybridized carbons (Fsp3) is 0.645. The van der Waals surface area contributed by atoms with Crippen molar-refractivity contribution < 1.29 is 13.9 Å².